The van der Waals surface area contributed by atoms with Crippen molar-refractivity contribution in [2.45, 2.75) is 101 Å². The molecule has 3 aliphatic carbocycles. The third-order valence-electron chi connectivity index (χ3n) is 12.7. The molecule has 0 spiro atoms. The molecule has 16 heteroatoms. The summed E-state index contributed by atoms with van der Waals surface area (Å²) in [6.07, 6.45) is -3.71. The SMILES string of the molecule is COc1cccc2c1C(=O)c1c(O)c3c(c(O)c1C2=O)C[C@@](O)(C(=O)COC(=O)CCCCCC(=O)O)C[C@@H]3O[C@H]1C[C@H](NC(=O)OCC2c3ccccc3-c3ccccc32)C[C@H](C)O1. The lowest BCUT2D eigenvalue weighted by atomic mass is 9.72. The number of carbonyl (C=O) groups is 6. The van der Waals surface area contributed by atoms with E-state index >= 15 is 0 Å². The summed E-state index contributed by atoms with van der Waals surface area (Å²) in [6, 6.07) is 19.7. The van der Waals surface area contributed by atoms with E-state index in [1.54, 1.807) is 6.92 Å². The number of fused-ring (bicyclic) bond motifs is 6. The predicted octanol–water partition coefficient (Wildman–Crippen LogP) is 6.20. The van der Waals surface area contributed by atoms with Gasteiger partial charge in [0.25, 0.3) is 0 Å². The van der Waals surface area contributed by atoms with Gasteiger partial charge in [-0.15, -0.1) is 0 Å². The zero-order chi connectivity index (χ0) is 46.2. The Morgan fingerprint density at radius 3 is 2.15 bits per heavy atom. The second-order valence-electron chi connectivity index (χ2n) is 17.0. The standard InChI is InChI=1S/C49H49NO15/c1-25-19-26(50-48(59)63-23-33-29-13-8-6-11-27(29)28-12-7-9-14-30(28)33)20-39(64-25)65-35-22-49(60,36(51)24-62-38(54)18-5-3-4-17-37(52)53)21-32-41(35)47(58)43-42(45(32)56)44(55)31-15-10-16-34(61-2)40(31)46(43)57/h6-16,25-26,33,35,39,56,58,60H,3-5,17-24H2,1-2H3,(H,50,59)(H,52,53)/t25-,26+,35-,39-,49-/m0/s1. The van der Waals surface area contributed by atoms with E-state index in [1.165, 1.54) is 25.3 Å². The number of aromatic hydroxyl groups is 2. The van der Waals surface area contributed by atoms with E-state index in [0.29, 0.717) is 25.7 Å². The smallest absolute Gasteiger partial charge is 0.407 e. The first-order chi connectivity index (χ1) is 31.2. The number of phenolic OH excluding ortho intramolecular Hbond substituents is 2. The van der Waals surface area contributed by atoms with Crippen molar-refractivity contribution in [3.8, 4) is 28.4 Å². The average molecular weight is 892 g/mol. The number of ketones is 3. The van der Waals surface area contributed by atoms with E-state index in [9.17, 15) is 44.1 Å². The summed E-state index contributed by atoms with van der Waals surface area (Å²) in [5.74, 6) is -5.90. The Hall–Kier alpha value is -6.62. The van der Waals surface area contributed by atoms with Crippen LogP contribution in [0.5, 0.6) is 17.2 Å². The van der Waals surface area contributed by atoms with E-state index in [2.05, 4.69) is 5.32 Å². The first-order valence-corrected chi connectivity index (χ1v) is 21.6. The lowest BCUT2D eigenvalue weighted by Gasteiger charge is -2.41. The summed E-state index contributed by atoms with van der Waals surface area (Å²) >= 11 is 0. The zero-order valence-electron chi connectivity index (χ0n) is 35.8. The number of alkyl carbamates (subject to hydrolysis) is 1. The Balaban J connectivity index is 1.03. The number of aliphatic carboxylic acids is 1. The third-order valence-corrected chi connectivity index (χ3v) is 12.7. The number of amides is 1. The summed E-state index contributed by atoms with van der Waals surface area (Å²) in [7, 11) is 1.31. The van der Waals surface area contributed by atoms with Gasteiger partial charge >= 0.3 is 18.0 Å². The number of phenols is 2. The zero-order valence-corrected chi connectivity index (χ0v) is 35.8. The molecule has 16 nitrogen and oxygen atoms in total. The number of esters is 1. The minimum atomic E-state index is -2.40. The van der Waals surface area contributed by atoms with Crippen molar-refractivity contribution >= 4 is 35.4 Å². The maximum atomic E-state index is 14.2. The number of carboxylic acid groups (broad SMARTS) is 1. The molecule has 0 radical (unpaired) electrons. The summed E-state index contributed by atoms with van der Waals surface area (Å²) in [6.45, 7) is 0.959. The number of benzene rings is 4. The van der Waals surface area contributed by atoms with E-state index in [1.807, 2.05) is 48.5 Å². The molecule has 5 N–H and O–H groups in total. The number of hydrogen-bond donors (Lipinski definition) is 5. The van der Waals surface area contributed by atoms with Crippen molar-refractivity contribution in [1.82, 2.24) is 5.32 Å². The molecule has 4 aromatic carbocycles. The number of nitrogens with one attached hydrogen (secondary N) is 1. The van der Waals surface area contributed by atoms with E-state index in [4.69, 9.17) is 28.8 Å². The maximum absolute atomic E-state index is 14.2. The molecule has 4 aliphatic rings. The Labute approximate surface area is 373 Å². The van der Waals surface area contributed by atoms with Crippen molar-refractivity contribution in [1.29, 1.82) is 0 Å². The van der Waals surface area contributed by atoms with Crippen molar-refractivity contribution < 1.29 is 72.9 Å². The van der Waals surface area contributed by atoms with Crippen LogP contribution in [0.3, 0.4) is 0 Å². The minimum absolute atomic E-state index is 0.0382. The second kappa shape index (κ2) is 18.5. The lowest BCUT2D eigenvalue weighted by Crippen LogP contribution is -2.49. The molecular formula is C49H49NO15. The number of carboxylic acids is 1. The molecule has 4 aromatic rings. The summed E-state index contributed by atoms with van der Waals surface area (Å²) in [4.78, 5) is 78.8. The molecule has 0 saturated carbocycles. The van der Waals surface area contributed by atoms with Gasteiger partial charge in [-0.25, -0.2) is 4.79 Å². The highest BCUT2D eigenvalue weighted by Gasteiger charge is 2.50. The fraction of sp³-hybridized carbons (Fsp3) is 0.388. The van der Waals surface area contributed by atoms with Crippen LogP contribution in [0.15, 0.2) is 66.7 Å². The largest absolute Gasteiger partial charge is 0.507 e. The highest BCUT2D eigenvalue weighted by atomic mass is 16.7. The fourth-order valence-electron chi connectivity index (χ4n) is 9.62. The summed E-state index contributed by atoms with van der Waals surface area (Å²) in [5, 5.41) is 47.8. The first-order valence-electron chi connectivity index (χ1n) is 21.6. The Morgan fingerprint density at radius 2 is 1.46 bits per heavy atom. The van der Waals surface area contributed by atoms with Crippen molar-refractivity contribution in [2.75, 3.05) is 20.3 Å². The second-order valence-corrected chi connectivity index (χ2v) is 17.0. The van der Waals surface area contributed by atoms with Gasteiger partial charge in [0.1, 0.15) is 29.5 Å². The van der Waals surface area contributed by atoms with Crippen LogP contribution in [-0.4, -0.2) is 100 Å². The van der Waals surface area contributed by atoms with Gasteiger partial charge in [0.2, 0.25) is 11.6 Å². The topological polar surface area (TPSA) is 242 Å². The van der Waals surface area contributed by atoms with Crippen molar-refractivity contribution in [3.05, 3.63) is 111 Å². The molecule has 340 valence electrons. The van der Waals surface area contributed by atoms with Gasteiger partial charge in [0.05, 0.1) is 36.0 Å². The first kappa shape index (κ1) is 45.0. The Morgan fingerprint density at radius 1 is 0.800 bits per heavy atom. The molecule has 0 aromatic heterocycles. The molecule has 5 atom stereocenters. The van der Waals surface area contributed by atoms with E-state index in [0.717, 1.165) is 22.3 Å². The maximum Gasteiger partial charge on any atom is 0.407 e. The average Bonchev–Trinajstić information content (AvgIpc) is 3.60. The number of aliphatic hydroxyl groups is 1. The van der Waals surface area contributed by atoms with Crippen LogP contribution in [0.25, 0.3) is 11.1 Å². The highest BCUT2D eigenvalue weighted by molar-refractivity contribution is 6.31. The van der Waals surface area contributed by atoms with Crippen LogP contribution < -0.4 is 10.1 Å². The van der Waals surface area contributed by atoms with Crippen molar-refractivity contribution in [3.63, 3.8) is 0 Å². The third kappa shape index (κ3) is 8.80. The Bertz CT molecular complexity index is 2540. The van der Waals surface area contributed by atoms with Crippen LogP contribution in [0, 0.1) is 0 Å². The molecule has 1 amide bonds. The molecule has 65 heavy (non-hydrogen) atoms. The van der Waals surface area contributed by atoms with E-state index < -0.39 is 108 Å². The molecule has 8 rings (SSSR count). The fourth-order valence-corrected chi connectivity index (χ4v) is 9.62. The number of carbonyl (C=O) groups excluding carboxylic acids is 5. The number of Topliss-reactive ketones (excluding diaryl/α,β-unsaturated/α-hetero) is 1. The molecular weight excluding hydrogens is 843 g/mol. The highest BCUT2D eigenvalue weighted by Crippen LogP contribution is 2.53. The van der Waals surface area contributed by atoms with Gasteiger partial charge in [-0.2, -0.15) is 0 Å². The van der Waals surface area contributed by atoms with Crippen molar-refractivity contribution in [2.24, 2.45) is 0 Å². The van der Waals surface area contributed by atoms with Gasteiger partial charge in [0, 0.05) is 60.8 Å². The van der Waals surface area contributed by atoms with Crippen LogP contribution in [0.1, 0.15) is 124 Å². The predicted molar refractivity (Wildman–Crippen MR) is 229 cm³/mol. The van der Waals surface area contributed by atoms with Crippen LogP contribution in [-0.2, 0) is 39.8 Å². The van der Waals surface area contributed by atoms with Gasteiger partial charge in [-0.1, -0.05) is 67.1 Å². The minimum Gasteiger partial charge on any atom is -0.507 e. The van der Waals surface area contributed by atoms with Gasteiger partial charge in [-0.05, 0) is 54.5 Å². The van der Waals surface area contributed by atoms with Crippen LogP contribution in [0.4, 0.5) is 4.79 Å². The summed E-state index contributed by atoms with van der Waals surface area (Å²) < 4.78 is 29.0. The van der Waals surface area contributed by atoms with Gasteiger partial charge in [0.15, 0.2) is 18.7 Å². The van der Waals surface area contributed by atoms with Crippen LogP contribution in [0.2, 0.25) is 0 Å². The lowest BCUT2D eigenvalue weighted by molar-refractivity contribution is -0.227. The number of unbranched alkanes of at least 4 members (excludes halogenated alkanes) is 2. The number of methoxy groups -OCH3 is 1. The number of rotatable bonds is 15. The van der Waals surface area contributed by atoms with E-state index in [-0.39, 0.29) is 59.8 Å². The summed E-state index contributed by atoms with van der Waals surface area (Å²) in [5.41, 5.74) is 0.168. The number of hydrogen-bond acceptors (Lipinski definition) is 14. The quantitative estimate of drug-likeness (QED) is 0.0447. The monoisotopic (exact) mass is 891 g/mol. The Kier molecular flexibility index (Phi) is 12.8. The normalized spacial score (nSPS) is 21.8. The van der Waals surface area contributed by atoms with Gasteiger partial charge < -0.3 is 49.4 Å². The molecule has 1 saturated heterocycles. The molecule has 1 aliphatic heterocycles. The molecule has 0 unspecified atom stereocenters. The molecule has 1 heterocycles. The van der Waals surface area contributed by atoms with Crippen LogP contribution >= 0.6 is 0 Å². The van der Waals surface area contributed by atoms with Gasteiger partial charge in [-0.3, -0.25) is 24.0 Å². The molecule has 0 bridgehead atoms. The molecule has 1 fully saturated rings. The number of ether oxygens (including phenoxy) is 5.